The normalized spacial score (nSPS) is 9.56. The van der Waals surface area contributed by atoms with E-state index in [0.717, 1.165) is 7.11 Å². The van der Waals surface area contributed by atoms with Gasteiger partial charge in [0.15, 0.2) is 0 Å². The lowest BCUT2D eigenvalue weighted by Crippen LogP contribution is -2.24. The van der Waals surface area contributed by atoms with Crippen molar-refractivity contribution in [2.75, 3.05) is 26.6 Å². The summed E-state index contributed by atoms with van der Waals surface area (Å²) in [5.41, 5.74) is 0.249. The lowest BCUT2D eigenvalue weighted by atomic mass is 10.2. The highest BCUT2D eigenvalue weighted by Gasteiger charge is 2.17. The molecule has 1 aromatic rings. The van der Waals surface area contributed by atoms with Gasteiger partial charge in [-0.05, 0) is 6.07 Å². The molecule has 0 aliphatic rings. The number of hydrogen-bond acceptors (Lipinski definition) is 5. The Bertz CT molecular complexity index is 475. The van der Waals surface area contributed by atoms with E-state index < -0.39 is 11.9 Å². The van der Waals surface area contributed by atoms with Crippen LogP contribution in [0.25, 0.3) is 0 Å². The van der Waals surface area contributed by atoms with Crippen molar-refractivity contribution in [3.8, 4) is 11.5 Å². The first-order valence-corrected chi connectivity index (χ1v) is 5.22. The molecule has 0 saturated heterocycles. The molecule has 1 amide bonds. The number of halogens is 1. The first-order valence-electron chi connectivity index (χ1n) is 4.84. The fourth-order valence-corrected chi connectivity index (χ4v) is 1.46. The van der Waals surface area contributed by atoms with E-state index in [1.807, 2.05) is 0 Å². The van der Waals surface area contributed by atoms with Crippen molar-refractivity contribution >= 4 is 29.2 Å². The molecule has 0 aromatic heterocycles. The largest absolute Gasteiger partial charge is 0.495 e. The lowest BCUT2D eigenvalue weighted by molar-refractivity contribution is -0.150. The summed E-state index contributed by atoms with van der Waals surface area (Å²) in [7, 11) is 3.98. The molecule has 0 aliphatic heterocycles. The van der Waals surface area contributed by atoms with E-state index >= 15 is 0 Å². The maximum atomic E-state index is 11.4. The standard InChI is InChI=1S/C11H12ClNO5/c1-16-8-5-9(17-2)7(4-6(8)12)13-10(14)11(15)18-3/h4-5H,1-3H3,(H,13,14). The van der Waals surface area contributed by atoms with Crippen LogP contribution >= 0.6 is 11.6 Å². The number of esters is 1. The summed E-state index contributed by atoms with van der Waals surface area (Å²) in [6.07, 6.45) is 0. The summed E-state index contributed by atoms with van der Waals surface area (Å²) in [4.78, 5) is 22.4. The molecule has 1 aromatic carbocycles. The zero-order valence-electron chi connectivity index (χ0n) is 10.1. The number of ether oxygens (including phenoxy) is 3. The molecule has 0 aliphatic carbocycles. The Hall–Kier alpha value is -1.95. The number of carbonyl (C=O) groups excluding carboxylic acids is 2. The topological polar surface area (TPSA) is 73.9 Å². The maximum Gasteiger partial charge on any atom is 0.396 e. The van der Waals surface area contributed by atoms with Crippen LogP contribution in [0, 0.1) is 0 Å². The van der Waals surface area contributed by atoms with Crippen LogP contribution in [0.5, 0.6) is 11.5 Å². The number of nitrogens with one attached hydrogen (secondary N) is 1. The second kappa shape index (κ2) is 6.11. The molecular formula is C11H12ClNO5. The minimum Gasteiger partial charge on any atom is -0.495 e. The highest BCUT2D eigenvalue weighted by atomic mass is 35.5. The highest BCUT2D eigenvalue weighted by molar-refractivity contribution is 6.38. The highest BCUT2D eigenvalue weighted by Crippen LogP contribution is 2.35. The molecular weight excluding hydrogens is 262 g/mol. The van der Waals surface area contributed by atoms with Crippen LogP contribution in [0.1, 0.15) is 0 Å². The van der Waals surface area contributed by atoms with Crippen molar-refractivity contribution in [3.63, 3.8) is 0 Å². The zero-order valence-corrected chi connectivity index (χ0v) is 10.8. The summed E-state index contributed by atoms with van der Waals surface area (Å²) >= 11 is 5.91. The number of hydrogen-bond donors (Lipinski definition) is 1. The first-order chi connectivity index (χ1) is 8.53. The van der Waals surface area contributed by atoms with Crippen LogP contribution < -0.4 is 14.8 Å². The van der Waals surface area contributed by atoms with Gasteiger partial charge in [0.25, 0.3) is 0 Å². The second-order valence-electron chi connectivity index (χ2n) is 3.13. The second-order valence-corrected chi connectivity index (χ2v) is 3.54. The smallest absolute Gasteiger partial charge is 0.396 e. The third-order valence-electron chi connectivity index (χ3n) is 2.09. The molecule has 1 N–H and O–H groups in total. The van der Waals surface area contributed by atoms with Crippen LogP contribution in [0.15, 0.2) is 12.1 Å². The predicted molar refractivity (Wildman–Crippen MR) is 65.2 cm³/mol. The van der Waals surface area contributed by atoms with Gasteiger partial charge < -0.3 is 19.5 Å². The van der Waals surface area contributed by atoms with Crippen LogP contribution in [0.2, 0.25) is 5.02 Å². The minimum absolute atomic E-state index is 0.249. The molecule has 6 nitrogen and oxygen atoms in total. The van der Waals surface area contributed by atoms with E-state index in [9.17, 15) is 9.59 Å². The molecule has 0 bridgehead atoms. The number of benzene rings is 1. The SMILES string of the molecule is COC(=O)C(=O)Nc1cc(Cl)c(OC)cc1OC. The Morgan fingerprint density at radius 2 is 1.72 bits per heavy atom. The van der Waals surface area contributed by atoms with Gasteiger partial charge in [0.1, 0.15) is 11.5 Å². The first kappa shape index (κ1) is 14.1. The van der Waals surface area contributed by atoms with Crippen LogP contribution in [0.4, 0.5) is 5.69 Å². The van der Waals surface area contributed by atoms with Crippen molar-refractivity contribution in [1.82, 2.24) is 0 Å². The number of methoxy groups -OCH3 is 3. The van der Waals surface area contributed by atoms with E-state index in [1.165, 1.54) is 26.4 Å². The van der Waals surface area contributed by atoms with Crippen molar-refractivity contribution in [3.05, 3.63) is 17.2 Å². The Morgan fingerprint density at radius 1 is 1.11 bits per heavy atom. The van der Waals surface area contributed by atoms with Gasteiger partial charge in [-0.2, -0.15) is 0 Å². The van der Waals surface area contributed by atoms with Crippen molar-refractivity contribution in [2.24, 2.45) is 0 Å². The predicted octanol–water partition coefficient (Wildman–Crippen LogP) is 1.47. The Balaban J connectivity index is 3.05. The van der Waals surface area contributed by atoms with Crippen LogP contribution in [-0.2, 0) is 14.3 Å². The monoisotopic (exact) mass is 273 g/mol. The molecule has 0 spiro atoms. The van der Waals surface area contributed by atoms with Gasteiger partial charge in [-0.25, -0.2) is 4.79 Å². The van der Waals surface area contributed by atoms with Gasteiger partial charge in [0.2, 0.25) is 0 Å². The summed E-state index contributed by atoms with van der Waals surface area (Å²) in [5.74, 6) is -1.22. The zero-order chi connectivity index (χ0) is 13.7. The molecule has 0 unspecified atom stereocenters. The summed E-state index contributed by atoms with van der Waals surface area (Å²) in [5, 5.41) is 2.60. The van der Waals surface area contributed by atoms with Gasteiger partial charge in [-0.15, -0.1) is 0 Å². The Kier molecular flexibility index (Phi) is 4.79. The number of anilines is 1. The van der Waals surface area contributed by atoms with Crippen LogP contribution in [-0.4, -0.2) is 33.2 Å². The Morgan fingerprint density at radius 3 is 2.22 bits per heavy atom. The fraction of sp³-hybridized carbons (Fsp3) is 0.273. The molecule has 0 saturated carbocycles. The Labute approximate surface area is 109 Å². The van der Waals surface area contributed by atoms with E-state index in [2.05, 4.69) is 10.1 Å². The molecule has 0 fully saturated rings. The van der Waals surface area contributed by atoms with E-state index in [-0.39, 0.29) is 10.7 Å². The fourth-order valence-electron chi connectivity index (χ4n) is 1.22. The molecule has 0 atom stereocenters. The van der Waals surface area contributed by atoms with Gasteiger partial charge in [-0.1, -0.05) is 11.6 Å². The van der Waals surface area contributed by atoms with E-state index in [1.54, 1.807) is 0 Å². The maximum absolute atomic E-state index is 11.4. The lowest BCUT2D eigenvalue weighted by Gasteiger charge is -2.12. The van der Waals surface area contributed by atoms with E-state index in [4.69, 9.17) is 21.1 Å². The molecule has 1 rings (SSSR count). The van der Waals surface area contributed by atoms with Gasteiger partial charge >= 0.3 is 11.9 Å². The van der Waals surface area contributed by atoms with Crippen molar-refractivity contribution < 1.29 is 23.8 Å². The quantitative estimate of drug-likeness (QED) is 0.667. The number of carbonyl (C=O) groups is 2. The third-order valence-corrected chi connectivity index (χ3v) is 2.39. The molecule has 0 radical (unpaired) electrons. The van der Waals surface area contributed by atoms with Gasteiger partial charge in [0, 0.05) is 6.07 Å². The molecule has 0 heterocycles. The molecule has 7 heteroatoms. The summed E-state index contributed by atoms with van der Waals surface area (Å²) in [6, 6.07) is 2.91. The van der Waals surface area contributed by atoms with Gasteiger partial charge in [0.05, 0.1) is 32.0 Å². The number of rotatable bonds is 3. The van der Waals surface area contributed by atoms with Crippen LogP contribution in [0.3, 0.4) is 0 Å². The van der Waals surface area contributed by atoms with Crippen molar-refractivity contribution in [1.29, 1.82) is 0 Å². The van der Waals surface area contributed by atoms with Gasteiger partial charge in [-0.3, -0.25) is 4.79 Å². The van der Waals surface area contributed by atoms with E-state index in [0.29, 0.717) is 11.5 Å². The third kappa shape index (κ3) is 3.04. The summed E-state index contributed by atoms with van der Waals surface area (Å²) in [6.45, 7) is 0. The average molecular weight is 274 g/mol. The molecule has 18 heavy (non-hydrogen) atoms. The average Bonchev–Trinajstić information content (AvgIpc) is 2.38. The minimum atomic E-state index is -1.01. The van der Waals surface area contributed by atoms with Crippen molar-refractivity contribution in [2.45, 2.75) is 0 Å². The molecule has 98 valence electrons. The summed E-state index contributed by atoms with van der Waals surface area (Å²) < 4.78 is 14.3. The number of amides is 1.